The van der Waals surface area contributed by atoms with E-state index in [-0.39, 0.29) is 41.1 Å². The van der Waals surface area contributed by atoms with Gasteiger partial charge in [0, 0.05) is 30.5 Å². The van der Waals surface area contributed by atoms with E-state index in [1.807, 2.05) is 0 Å². The standard InChI is InChI=1S/C20H36N4O7S12/c25-8-32-2-18(27)1-21-3-33-11-38-14-36-6-24-20(29)42-16-40-15-41-17-43(30)7-22-4-34-12-39-13-35-5-23-19(28)31-10-37-9-26/h3,7,25-26H,1-2,4-6,8-17H2,(H,23,28)(H,24,29). The average molecular weight is 829 g/mol. The lowest BCUT2D eigenvalue weighted by Crippen LogP contribution is -2.23. The van der Waals surface area contributed by atoms with E-state index in [2.05, 4.69) is 20.6 Å². The monoisotopic (exact) mass is 828 g/mol. The van der Waals surface area contributed by atoms with Crippen LogP contribution in [0.15, 0.2) is 9.98 Å². The van der Waals surface area contributed by atoms with E-state index in [1.54, 1.807) is 87.9 Å². The van der Waals surface area contributed by atoms with Gasteiger partial charge >= 0.3 is 6.09 Å². The first-order valence-corrected chi connectivity index (χ1v) is 25.5. The lowest BCUT2D eigenvalue weighted by atomic mass is 10.5. The van der Waals surface area contributed by atoms with Crippen LogP contribution < -0.4 is 10.6 Å². The van der Waals surface area contributed by atoms with Crippen LogP contribution in [0.4, 0.5) is 9.59 Å². The highest BCUT2D eigenvalue weighted by Crippen LogP contribution is 2.20. The summed E-state index contributed by atoms with van der Waals surface area (Å²) in [6.07, 6.45) is -0.497. The van der Waals surface area contributed by atoms with Crippen LogP contribution in [0.5, 0.6) is 0 Å². The second kappa shape index (κ2) is 36.5. The number of Topliss-reactive ketones (excluding diaryl/α,β-unsaturated/α-hetero) is 1. The van der Waals surface area contributed by atoms with Gasteiger partial charge in [0.2, 0.25) is 0 Å². The molecular weight excluding hydrogens is 793 g/mol. The maximum atomic E-state index is 12.0. The topological polar surface area (TPSA) is 167 Å². The van der Waals surface area contributed by atoms with Crippen LogP contribution >= 0.6 is 129 Å². The molecule has 0 aromatic carbocycles. The number of hydrogen-bond acceptors (Lipinski definition) is 20. The van der Waals surface area contributed by atoms with Crippen molar-refractivity contribution >= 4 is 168 Å². The van der Waals surface area contributed by atoms with E-state index in [1.165, 1.54) is 40.8 Å². The van der Waals surface area contributed by atoms with Gasteiger partial charge in [0.05, 0.1) is 68.8 Å². The quantitative estimate of drug-likeness (QED) is 0.0319. The van der Waals surface area contributed by atoms with Crippen LogP contribution in [-0.4, -0.2) is 126 Å². The van der Waals surface area contributed by atoms with Crippen LogP contribution in [-0.2, 0) is 20.3 Å². The van der Waals surface area contributed by atoms with Crippen LogP contribution in [0, 0.1) is 0 Å². The van der Waals surface area contributed by atoms with E-state index in [0.29, 0.717) is 27.8 Å². The minimum Gasteiger partial charge on any atom is -0.438 e. The predicted molar refractivity (Wildman–Crippen MR) is 209 cm³/mol. The van der Waals surface area contributed by atoms with Crippen molar-refractivity contribution in [2.24, 2.45) is 9.98 Å². The number of carbonyl (C=O) groups excluding carboxylic acids is 3. The van der Waals surface area contributed by atoms with E-state index in [4.69, 9.17) is 14.9 Å². The van der Waals surface area contributed by atoms with E-state index < -0.39 is 16.9 Å². The Morgan fingerprint density at radius 1 is 0.767 bits per heavy atom. The Labute approximate surface area is 302 Å². The summed E-state index contributed by atoms with van der Waals surface area (Å²) < 4.78 is 16.8. The summed E-state index contributed by atoms with van der Waals surface area (Å²) in [5, 5.41) is 27.8. The van der Waals surface area contributed by atoms with Gasteiger partial charge in [-0.1, -0.05) is 23.5 Å². The van der Waals surface area contributed by atoms with Gasteiger partial charge in [0.1, 0.15) is 5.94 Å². The highest BCUT2D eigenvalue weighted by Gasteiger charge is 2.03. The number of ether oxygens (including phenoxy) is 1. The molecule has 0 aliphatic carbocycles. The molecule has 1 unspecified atom stereocenters. The second-order valence-corrected chi connectivity index (χ2v) is 21.0. The smallest absolute Gasteiger partial charge is 0.408 e. The normalized spacial score (nSPS) is 12.1. The van der Waals surface area contributed by atoms with Gasteiger partial charge in [0.15, 0.2) is 5.78 Å². The number of rotatable bonds is 30. The SMILES string of the molecule is O=C(CN=CSCSCSCNC(=O)SCSCSCS(=O)C=NCSCSCSCNC(=O)OCSCO)CSCO. The van der Waals surface area contributed by atoms with Crippen molar-refractivity contribution in [2.75, 3.05) is 83.3 Å². The minimum atomic E-state index is -1.12. The number of carbonyl (C=O) groups is 3. The van der Waals surface area contributed by atoms with Gasteiger partial charge < -0.3 is 25.6 Å². The number of aliphatic imine (C=N–C) groups is 2. The molecule has 0 aliphatic rings. The molecule has 0 fully saturated rings. The first kappa shape index (κ1) is 44.7. The van der Waals surface area contributed by atoms with Crippen LogP contribution in [0.1, 0.15) is 0 Å². The van der Waals surface area contributed by atoms with Crippen LogP contribution in [0.25, 0.3) is 0 Å². The fraction of sp³-hybridized carbons (Fsp3) is 0.750. The molecule has 1 atom stereocenters. The second-order valence-electron chi connectivity index (χ2n) is 6.64. The molecule has 0 spiro atoms. The molecule has 43 heavy (non-hydrogen) atoms. The fourth-order valence-corrected chi connectivity index (χ4v) is 12.6. The Kier molecular flexibility index (Phi) is 37.9. The summed E-state index contributed by atoms with van der Waals surface area (Å²) in [5.41, 5.74) is 3.17. The number of hydrogen-bond donors (Lipinski definition) is 4. The number of aliphatic hydroxyl groups excluding tert-OH is 2. The summed E-state index contributed by atoms with van der Waals surface area (Å²) >= 11 is 16.4. The average Bonchev–Trinajstić information content (AvgIpc) is 2.99. The number of amides is 2. The fourth-order valence-electron chi connectivity index (χ4n) is 1.80. The largest absolute Gasteiger partial charge is 0.438 e. The zero-order chi connectivity index (χ0) is 31.6. The number of nitrogens with one attached hydrogen (secondary N) is 2. The molecule has 2 amide bonds. The Morgan fingerprint density at radius 3 is 2.21 bits per heavy atom. The lowest BCUT2D eigenvalue weighted by molar-refractivity contribution is -0.115. The maximum absolute atomic E-state index is 12.0. The molecule has 11 nitrogen and oxygen atoms in total. The zero-order valence-corrected chi connectivity index (χ0v) is 32.8. The van der Waals surface area contributed by atoms with Gasteiger partial charge in [-0.15, -0.1) is 106 Å². The van der Waals surface area contributed by atoms with E-state index in [0.717, 1.165) is 37.2 Å². The zero-order valence-electron chi connectivity index (χ0n) is 23.0. The van der Waals surface area contributed by atoms with Crippen LogP contribution in [0.2, 0.25) is 0 Å². The van der Waals surface area contributed by atoms with Gasteiger partial charge in [-0.3, -0.25) is 23.8 Å². The number of thioether (sulfide) groups is 11. The molecule has 0 aromatic rings. The first-order chi connectivity index (χ1) is 21.0. The van der Waals surface area contributed by atoms with Crippen molar-refractivity contribution in [2.45, 2.75) is 0 Å². The third kappa shape index (κ3) is 36.4. The minimum absolute atomic E-state index is 0.00322. The third-order valence-electron chi connectivity index (χ3n) is 3.42. The number of ketones is 1. The Bertz CT molecular complexity index is 805. The van der Waals surface area contributed by atoms with Gasteiger partial charge in [0.25, 0.3) is 5.24 Å². The van der Waals surface area contributed by atoms with Crippen molar-refractivity contribution in [1.29, 1.82) is 0 Å². The van der Waals surface area contributed by atoms with Crippen molar-refractivity contribution in [3.63, 3.8) is 0 Å². The summed E-state index contributed by atoms with van der Waals surface area (Å²) in [6.45, 7) is 0.145. The molecule has 4 N–H and O–H groups in total. The highest BCUT2D eigenvalue weighted by atomic mass is 32.3. The van der Waals surface area contributed by atoms with E-state index in [9.17, 15) is 18.6 Å². The number of aliphatic hydroxyl groups is 2. The summed E-state index contributed by atoms with van der Waals surface area (Å²) in [6, 6.07) is 0. The number of alkyl carbamates (subject to hydrolysis) is 1. The molecule has 0 bridgehead atoms. The maximum Gasteiger partial charge on any atom is 0.408 e. The van der Waals surface area contributed by atoms with Crippen molar-refractivity contribution < 1.29 is 33.5 Å². The molecule has 0 rings (SSSR count). The molecule has 0 aliphatic heterocycles. The number of nitrogens with zero attached hydrogens (tertiary/aromatic N) is 2. The van der Waals surface area contributed by atoms with Gasteiger partial charge in [-0.25, -0.2) is 4.79 Å². The summed E-state index contributed by atoms with van der Waals surface area (Å²) in [4.78, 5) is 42.8. The molecule has 0 heterocycles. The third-order valence-corrected chi connectivity index (χ3v) is 16.0. The Balaban J connectivity index is 3.44. The van der Waals surface area contributed by atoms with Gasteiger partial charge in [-0.2, -0.15) is 0 Å². The molecule has 0 saturated carbocycles. The van der Waals surface area contributed by atoms with Crippen molar-refractivity contribution in [3.8, 4) is 0 Å². The molecule has 0 aromatic heterocycles. The Hall–Kier alpha value is 1.67. The predicted octanol–water partition coefficient (Wildman–Crippen LogP) is 5.29. The lowest BCUT2D eigenvalue weighted by Gasteiger charge is -2.05. The molecular formula is C20H36N4O7S12. The Morgan fingerprint density at radius 2 is 1.44 bits per heavy atom. The highest BCUT2D eigenvalue weighted by molar-refractivity contribution is 8.29. The summed E-state index contributed by atoms with van der Waals surface area (Å²) in [7, 11) is -1.12. The van der Waals surface area contributed by atoms with Gasteiger partial charge in [-0.05, 0) is 0 Å². The van der Waals surface area contributed by atoms with Crippen LogP contribution in [0.3, 0.4) is 0 Å². The van der Waals surface area contributed by atoms with E-state index >= 15 is 0 Å². The molecule has 0 radical (unpaired) electrons. The molecule has 0 saturated heterocycles. The summed E-state index contributed by atoms with van der Waals surface area (Å²) in [5.74, 6) is 1.81. The van der Waals surface area contributed by atoms with Crippen molar-refractivity contribution in [1.82, 2.24) is 10.6 Å². The molecule has 250 valence electrons. The van der Waals surface area contributed by atoms with Crippen molar-refractivity contribution in [3.05, 3.63) is 0 Å². The molecule has 23 heteroatoms. The first-order valence-electron chi connectivity index (χ1n) is 11.7.